The van der Waals surface area contributed by atoms with Crippen LogP contribution in [0, 0.1) is 0 Å². The molecule has 0 bridgehead atoms. The smallest absolute Gasteiger partial charge is 0.242 e. The summed E-state index contributed by atoms with van der Waals surface area (Å²) in [5, 5.41) is 9.99. The largest absolute Gasteiger partial charge is 0.391 e. The Morgan fingerprint density at radius 1 is 1.16 bits per heavy atom. The average molecular weight is 348 g/mol. The van der Waals surface area contributed by atoms with Gasteiger partial charge in [-0.1, -0.05) is 31.4 Å². The van der Waals surface area contributed by atoms with Crippen LogP contribution in [-0.2, 0) is 10.0 Å². The lowest BCUT2D eigenvalue weighted by atomic mass is 10.1. The molecule has 1 aliphatic rings. The van der Waals surface area contributed by atoms with Gasteiger partial charge in [0.05, 0.1) is 11.0 Å². The fourth-order valence-corrected chi connectivity index (χ4v) is 4.66. The summed E-state index contributed by atoms with van der Waals surface area (Å²) in [4.78, 5) is 0.214. The molecule has 6 heteroatoms. The van der Waals surface area contributed by atoms with E-state index in [-0.39, 0.29) is 10.9 Å². The minimum atomic E-state index is -3.60. The maximum absolute atomic E-state index is 12.3. The first-order valence-corrected chi connectivity index (χ1v) is 8.73. The third kappa shape index (κ3) is 3.78. The Balaban J connectivity index is 2.19. The normalized spacial score (nSPS) is 24.9. The minimum Gasteiger partial charge on any atom is -0.391 e. The van der Waals surface area contributed by atoms with Gasteiger partial charge in [-0.05, 0) is 40.9 Å². The molecule has 19 heavy (non-hydrogen) atoms. The second-order valence-electron chi connectivity index (χ2n) is 4.86. The lowest BCUT2D eigenvalue weighted by molar-refractivity contribution is 0.130. The number of sulfonamides is 1. The van der Waals surface area contributed by atoms with E-state index in [1.54, 1.807) is 24.3 Å². The molecule has 0 amide bonds. The SMILES string of the molecule is O=S(=O)(NC1CCCCCC1O)c1ccccc1Br. The highest BCUT2D eigenvalue weighted by molar-refractivity contribution is 9.10. The summed E-state index contributed by atoms with van der Waals surface area (Å²) in [5.41, 5.74) is 0. The number of hydrogen-bond donors (Lipinski definition) is 2. The van der Waals surface area contributed by atoms with Crippen molar-refractivity contribution in [1.82, 2.24) is 4.72 Å². The van der Waals surface area contributed by atoms with Crippen LogP contribution in [0.4, 0.5) is 0 Å². The van der Waals surface area contributed by atoms with Crippen LogP contribution in [-0.4, -0.2) is 25.7 Å². The van der Waals surface area contributed by atoms with Gasteiger partial charge < -0.3 is 5.11 Å². The van der Waals surface area contributed by atoms with Crippen molar-refractivity contribution in [3.63, 3.8) is 0 Å². The van der Waals surface area contributed by atoms with Crippen LogP contribution >= 0.6 is 15.9 Å². The maximum atomic E-state index is 12.3. The van der Waals surface area contributed by atoms with E-state index in [9.17, 15) is 13.5 Å². The highest BCUT2D eigenvalue weighted by Crippen LogP contribution is 2.24. The number of aliphatic hydroxyl groups excluding tert-OH is 1. The Bertz CT molecular complexity index is 532. The minimum absolute atomic E-state index is 0.214. The first kappa shape index (κ1) is 15.0. The molecule has 0 saturated heterocycles. The number of hydrogen-bond acceptors (Lipinski definition) is 3. The molecule has 1 saturated carbocycles. The molecule has 0 aromatic heterocycles. The van der Waals surface area contributed by atoms with Crippen LogP contribution in [0.1, 0.15) is 32.1 Å². The van der Waals surface area contributed by atoms with E-state index in [1.165, 1.54) is 0 Å². The molecule has 0 heterocycles. The number of halogens is 1. The van der Waals surface area contributed by atoms with Gasteiger partial charge in [-0.3, -0.25) is 0 Å². The maximum Gasteiger partial charge on any atom is 0.242 e. The predicted octanol–water partition coefficient (Wildman–Crippen LogP) is 2.42. The van der Waals surface area contributed by atoms with E-state index in [0.29, 0.717) is 17.3 Å². The molecule has 2 atom stereocenters. The second kappa shape index (κ2) is 6.35. The van der Waals surface area contributed by atoms with Crippen molar-refractivity contribution in [3.8, 4) is 0 Å². The summed E-state index contributed by atoms with van der Waals surface area (Å²) in [6, 6.07) is 6.31. The molecule has 2 N–H and O–H groups in total. The third-order valence-electron chi connectivity index (χ3n) is 3.41. The Kier molecular flexibility index (Phi) is 5.00. The van der Waals surface area contributed by atoms with Gasteiger partial charge in [0.1, 0.15) is 0 Å². The quantitative estimate of drug-likeness (QED) is 0.825. The van der Waals surface area contributed by atoms with Gasteiger partial charge in [-0.2, -0.15) is 0 Å². The van der Waals surface area contributed by atoms with Gasteiger partial charge in [-0.25, -0.2) is 13.1 Å². The van der Waals surface area contributed by atoms with Gasteiger partial charge in [0.2, 0.25) is 10.0 Å². The molecule has 0 spiro atoms. The van der Waals surface area contributed by atoms with Crippen molar-refractivity contribution >= 4 is 26.0 Å². The van der Waals surface area contributed by atoms with E-state index in [2.05, 4.69) is 20.7 Å². The number of nitrogens with one attached hydrogen (secondary N) is 1. The van der Waals surface area contributed by atoms with Crippen molar-refractivity contribution in [2.75, 3.05) is 0 Å². The topological polar surface area (TPSA) is 66.4 Å². The lowest BCUT2D eigenvalue weighted by Gasteiger charge is -2.21. The van der Waals surface area contributed by atoms with Crippen LogP contribution in [0.5, 0.6) is 0 Å². The van der Waals surface area contributed by atoms with Crippen LogP contribution in [0.15, 0.2) is 33.6 Å². The average Bonchev–Trinajstić information content (AvgIpc) is 2.55. The molecule has 2 rings (SSSR count). The highest BCUT2D eigenvalue weighted by Gasteiger charge is 2.27. The fourth-order valence-electron chi connectivity index (χ4n) is 2.35. The lowest BCUT2D eigenvalue weighted by Crippen LogP contribution is -2.42. The van der Waals surface area contributed by atoms with Gasteiger partial charge in [0.25, 0.3) is 0 Å². The number of benzene rings is 1. The van der Waals surface area contributed by atoms with Gasteiger partial charge >= 0.3 is 0 Å². The zero-order valence-electron chi connectivity index (χ0n) is 10.5. The van der Waals surface area contributed by atoms with Gasteiger partial charge in [0, 0.05) is 10.5 Å². The molecule has 4 nitrogen and oxygen atoms in total. The summed E-state index contributed by atoms with van der Waals surface area (Å²) >= 11 is 3.25. The first-order chi connectivity index (χ1) is 9.00. The van der Waals surface area contributed by atoms with Crippen LogP contribution in [0.2, 0.25) is 0 Å². The molecule has 1 aromatic rings. The van der Waals surface area contributed by atoms with Crippen molar-refractivity contribution in [1.29, 1.82) is 0 Å². The Labute approximate surface area is 122 Å². The summed E-state index contributed by atoms with van der Waals surface area (Å²) in [6.45, 7) is 0. The molecule has 1 aliphatic carbocycles. The number of aliphatic hydroxyl groups is 1. The van der Waals surface area contributed by atoms with Crippen molar-refractivity contribution in [2.24, 2.45) is 0 Å². The van der Waals surface area contributed by atoms with Crippen LogP contribution < -0.4 is 4.72 Å². The predicted molar refractivity (Wildman–Crippen MR) is 77.3 cm³/mol. The monoisotopic (exact) mass is 347 g/mol. The number of rotatable bonds is 3. The molecule has 0 radical (unpaired) electrons. The standard InChI is InChI=1S/C13H18BrNO3S/c14-10-6-4-5-9-13(10)19(17,18)15-11-7-2-1-3-8-12(11)16/h4-6,9,11-12,15-16H,1-3,7-8H2. The van der Waals surface area contributed by atoms with Gasteiger partial charge in [0.15, 0.2) is 0 Å². The van der Waals surface area contributed by atoms with E-state index in [1.807, 2.05) is 0 Å². The fraction of sp³-hybridized carbons (Fsp3) is 0.538. The zero-order valence-corrected chi connectivity index (χ0v) is 13.0. The summed E-state index contributed by atoms with van der Waals surface area (Å²) < 4.78 is 27.8. The van der Waals surface area contributed by atoms with Crippen molar-refractivity contribution < 1.29 is 13.5 Å². The zero-order chi connectivity index (χ0) is 13.9. The van der Waals surface area contributed by atoms with Crippen LogP contribution in [0.25, 0.3) is 0 Å². The van der Waals surface area contributed by atoms with E-state index in [4.69, 9.17) is 0 Å². The molecular weight excluding hydrogens is 330 g/mol. The second-order valence-corrected chi connectivity index (χ2v) is 7.40. The van der Waals surface area contributed by atoms with Crippen molar-refractivity contribution in [3.05, 3.63) is 28.7 Å². The molecule has 1 aromatic carbocycles. The molecular formula is C13H18BrNO3S. The van der Waals surface area contributed by atoms with E-state index in [0.717, 1.165) is 19.3 Å². The molecule has 2 unspecified atom stereocenters. The summed E-state index contributed by atoms with van der Waals surface area (Å²) in [7, 11) is -3.60. The molecule has 106 valence electrons. The van der Waals surface area contributed by atoms with Crippen molar-refractivity contribution in [2.45, 2.75) is 49.1 Å². The Hall–Kier alpha value is -0.430. The van der Waals surface area contributed by atoms with E-state index < -0.39 is 16.1 Å². The molecule has 0 aliphatic heterocycles. The van der Waals surface area contributed by atoms with E-state index >= 15 is 0 Å². The highest BCUT2D eigenvalue weighted by atomic mass is 79.9. The molecule has 1 fully saturated rings. The third-order valence-corrected chi connectivity index (χ3v) is 5.91. The summed E-state index contributed by atoms with van der Waals surface area (Å²) in [5.74, 6) is 0. The first-order valence-electron chi connectivity index (χ1n) is 6.45. The van der Waals surface area contributed by atoms with Crippen LogP contribution in [0.3, 0.4) is 0 Å². The van der Waals surface area contributed by atoms with Gasteiger partial charge in [-0.15, -0.1) is 0 Å². The Morgan fingerprint density at radius 3 is 2.58 bits per heavy atom. The Morgan fingerprint density at radius 2 is 1.84 bits per heavy atom. The summed E-state index contributed by atoms with van der Waals surface area (Å²) in [6.07, 6.45) is 3.69.